The number of nitrogens with zero attached hydrogens (tertiary/aromatic N) is 1. The number of benzene rings is 1. The summed E-state index contributed by atoms with van der Waals surface area (Å²) in [7, 11) is 3.13. The molecule has 0 spiro atoms. The Balaban J connectivity index is 2.07. The Labute approximate surface area is 156 Å². The predicted octanol–water partition coefficient (Wildman–Crippen LogP) is 2.81. The normalized spacial score (nSPS) is 17.1. The zero-order valence-corrected chi connectivity index (χ0v) is 16.4. The van der Waals surface area contributed by atoms with Crippen molar-refractivity contribution in [1.82, 2.24) is 4.90 Å². The fraction of sp³-hybridized carbons (Fsp3) is 0.556. The van der Waals surface area contributed by atoms with Crippen LogP contribution in [0.4, 0.5) is 0 Å². The van der Waals surface area contributed by atoms with Crippen molar-refractivity contribution in [3.8, 4) is 11.5 Å². The van der Waals surface area contributed by atoms with E-state index in [1.54, 1.807) is 38.2 Å². The molecule has 0 bridgehead atoms. The van der Waals surface area contributed by atoms with E-state index in [2.05, 4.69) is 15.9 Å². The SMILES string of the molecule is CCOC(=O)[C@@H]1CCCN(C(=O)Cc2cc(OC)c(OC)cc2Br)C1. The van der Waals surface area contributed by atoms with Crippen molar-refractivity contribution in [3.63, 3.8) is 0 Å². The van der Waals surface area contributed by atoms with Crippen LogP contribution in [-0.2, 0) is 20.7 Å². The number of hydrogen-bond donors (Lipinski definition) is 0. The minimum absolute atomic E-state index is 0.0121. The fourth-order valence-corrected chi connectivity index (χ4v) is 3.43. The van der Waals surface area contributed by atoms with Crippen LogP contribution in [0.15, 0.2) is 16.6 Å². The summed E-state index contributed by atoms with van der Waals surface area (Å²) in [5.41, 5.74) is 0.820. The average Bonchev–Trinajstić information content (AvgIpc) is 2.63. The Kier molecular flexibility index (Phi) is 7.11. The van der Waals surface area contributed by atoms with Gasteiger partial charge in [0.25, 0.3) is 0 Å². The van der Waals surface area contributed by atoms with E-state index in [-0.39, 0.29) is 24.2 Å². The number of amides is 1. The second kappa shape index (κ2) is 9.08. The molecule has 0 saturated carbocycles. The number of carbonyl (C=O) groups is 2. The van der Waals surface area contributed by atoms with E-state index in [0.717, 1.165) is 22.9 Å². The molecule has 2 rings (SSSR count). The summed E-state index contributed by atoms with van der Waals surface area (Å²) in [6, 6.07) is 3.59. The third kappa shape index (κ3) is 4.87. The predicted molar refractivity (Wildman–Crippen MR) is 96.9 cm³/mol. The van der Waals surface area contributed by atoms with Crippen molar-refractivity contribution in [1.29, 1.82) is 0 Å². The van der Waals surface area contributed by atoms with Gasteiger partial charge in [-0.25, -0.2) is 0 Å². The van der Waals surface area contributed by atoms with Crippen LogP contribution < -0.4 is 9.47 Å². The molecule has 1 aromatic rings. The molecule has 0 aromatic heterocycles. The maximum Gasteiger partial charge on any atom is 0.310 e. The molecule has 25 heavy (non-hydrogen) atoms. The highest BCUT2D eigenvalue weighted by atomic mass is 79.9. The van der Waals surface area contributed by atoms with Crippen LogP contribution in [0.5, 0.6) is 11.5 Å². The number of piperidine rings is 1. The molecule has 1 amide bonds. The van der Waals surface area contributed by atoms with Gasteiger partial charge in [0.15, 0.2) is 11.5 Å². The summed E-state index contributed by atoms with van der Waals surface area (Å²) in [5, 5.41) is 0. The van der Waals surface area contributed by atoms with Gasteiger partial charge < -0.3 is 19.1 Å². The van der Waals surface area contributed by atoms with E-state index in [9.17, 15) is 9.59 Å². The number of hydrogen-bond acceptors (Lipinski definition) is 5. The minimum Gasteiger partial charge on any atom is -0.493 e. The molecular weight excluding hydrogens is 390 g/mol. The zero-order chi connectivity index (χ0) is 18.4. The van der Waals surface area contributed by atoms with Crippen LogP contribution in [0.2, 0.25) is 0 Å². The Hall–Kier alpha value is -1.76. The molecule has 6 nitrogen and oxygen atoms in total. The summed E-state index contributed by atoms with van der Waals surface area (Å²) in [5.74, 6) is 0.725. The molecule has 0 unspecified atom stereocenters. The van der Waals surface area contributed by atoms with Crippen LogP contribution in [-0.4, -0.2) is 50.7 Å². The van der Waals surface area contributed by atoms with Crippen LogP contribution in [0.3, 0.4) is 0 Å². The van der Waals surface area contributed by atoms with E-state index in [1.807, 2.05) is 0 Å². The largest absolute Gasteiger partial charge is 0.493 e. The molecule has 1 heterocycles. The number of ether oxygens (including phenoxy) is 3. The molecule has 1 aromatic carbocycles. The summed E-state index contributed by atoms with van der Waals surface area (Å²) in [4.78, 5) is 26.4. The minimum atomic E-state index is -0.230. The highest BCUT2D eigenvalue weighted by molar-refractivity contribution is 9.10. The Bertz CT molecular complexity index is 634. The summed E-state index contributed by atoms with van der Waals surface area (Å²) in [6.07, 6.45) is 1.81. The lowest BCUT2D eigenvalue weighted by atomic mass is 9.97. The molecule has 1 atom stereocenters. The number of rotatable bonds is 6. The summed E-state index contributed by atoms with van der Waals surface area (Å²) >= 11 is 3.48. The second-order valence-corrected chi connectivity index (χ2v) is 6.76. The van der Waals surface area contributed by atoms with Gasteiger partial charge in [-0.15, -0.1) is 0 Å². The highest BCUT2D eigenvalue weighted by Crippen LogP contribution is 2.33. The second-order valence-electron chi connectivity index (χ2n) is 5.91. The quantitative estimate of drug-likeness (QED) is 0.670. The average molecular weight is 414 g/mol. The third-order valence-electron chi connectivity index (χ3n) is 4.29. The number of esters is 1. The monoisotopic (exact) mass is 413 g/mol. The van der Waals surface area contributed by atoms with Gasteiger partial charge in [0.2, 0.25) is 5.91 Å². The highest BCUT2D eigenvalue weighted by Gasteiger charge is 2.29. The number of halogens is 1. The van der Waals surface area contributed by atoms with Gasteiger partial charge >= 0.3 is 5.97 Å². The molecule has 0 aliphatic carbocycles. The van der Waals surface area contributed by atoms with Gasteiger partial charge in [-0.1, -0.05) is 15.9 Å². The topological polar surface area (TPSA) is 65.1 Å². The maximum atomic E-state index is 12.7. The van der Waals surface area contributed by atoms with E-state index < -0.39 is 0 Å². The van der Waals surface area contributed by atoms with Gasteiger partial charge in [0, 0.05) is 17.6 Å². The van der Waals surface area contributed by atoms with E-state index in [0.29, 0.717) is 31.2 Å². The Morgan fingerprint density at radius 1 is 1.24 bits per heavy atom. The van der Waals surface area contributed by atoms with Gasteiger partial charge in [-0.05, 0) is 37.5 Å². The van der Waals surface area contributed by atoms with E-state index in [1.165, 1.54) is 0 Å². The van der Waals surface area contributed by atoms with Gasteiger partial charge in [-0.2, -0.15) is 0 Å². The van der Waals surface area contributed by atoms with E-state index in [4.69, 9.17) is 14.2 Å². The lowest BCUT2D eigenvalue weighted by Crippen LogP contribution is -2.43. The molecule has 1 aliphatic heterocycles. The summed E-state index contributed by atoms with van der Waals surface area (Å²) < 4.78 is 16.4. The van der Waals surface area contributed by atoms with Crippen molar-refractivity contribution >= 4 is 27.8 Å². The molecule has 138 valence electrons. The van der Waals surface area contributed by atoms with Gasteiger partial charge in [-0.3, -0.25) is 9.59 Å². The first-order valence-corrected chi connectivity index (χ1v) is 9.14. The van der Waals surface area contributed by atoms with Gasteiger partial charge in [0.1, 0.15) is 0 Å². The fourth-order valence-electron chi connectivity index (χ4n) is 2.96. The van der Waals surface area contributed by atoms with E-state index >= 15 is 0 Å². The Morgan fingerprint density at radius 2 is 1.92 bits per heavy atom. The first kappa shape index (κ1) is 19.6. The molecule has 1 saturated heterocycles. The molecule has 1 fully saturated rings. The van der Waals surface area contributed by atoms with Crippen LogP contribution in [0.1, 0.15) is 25.3 Å². The van der Waals surface area contributed by atoms with Crippen LogP contribution in [0, 0.1) is 5.92 Å². The van der Waals surface area contributed by atoms with Crippen molar-refractivity contribution in [2.75, 3.05) is 33.9 Å². The number of carbonyl (C=O) groups excluding carboxylic acids is 2. The van der Waals surface area contributed by atoms with Crippen molar-refractivity contribution < 1.29 is 23.8 Å². The molecular formula is C18H24BrNO5. The van der Waals surface area contributed by atoms with Gasteiger partial charge in [0.05, 0.1) is 33.2 Å². The van der Waals surface area contributed by atoms with Crippen molar-refractivity contribution in [3.05, 3.63) is 22.2 Å². The first-order chi connectivity index (χ1) is 12.0. The lowest BCUT2D eigenvalue weighted by Gasteiger charge is -2.31. The zero-order valence-electron chi connectivity index (χ0n) is 14.8. The standard InChI is InChI=1S/C18H24BrNO5/c1-4-25-18(22)12-6-5-7-20(11-12)17(21)9-13-8-15(23-2)16(24-3)10-14(13)19/h8,10,12H,4-7,9,11H2,1-3H3/t12-/m1/s1. The smallest absolute Gasteiger partial charge is 0.310 e. The summed E-state index contributed by atoms with van der Waals surface area (Å²) in [6.45, 7) is 3.24. The van der Waals surface area contributed by atoms with Crippen LogP contribution in [0.25, 0.3) is 0 Å². The maximum absolute atomic E-state index is 12.7. The third-order valence-corrected chi connectivity index (χ3v) is 5.03. The molecule has 1 aliphatic rings. The number of likely N-dealkylation sites (tertiary alicyclic amines) is 1. The number of methoxy groups -OCH3 is 2. The first-order valence-electron chi connectivity index (χ1n) is 8.34. The molecule has 0 N–H and O–H groups in total. The van der Waals surface area contributed by atoms with Crippen LogP contribution >= 0.6 is 15.9 Å². The molecule has 7 heteroatoms. The van der Waals surface area contributed by atoms with Crippen molar-refractivity contribution in [2.24, 2.45) is 5.92 Å². The van der Waals surface area contributed by atoms with Crippen molar-refractivity contribution in [2.45, 2.75) is 26.2 Å². The molecule has 0 radical (unpaired) electrons. The Morgan fingerprint density at radius 3 is 2.56 bits per heavy atom. The lowest BCUT2D eigenvalue weighted by molar-refractivity contribution is -0.151.